The van der Waals surface area contributed by atoms with Crippen LogP contribution >= 0.6 is 11.6 Å². The number of primary amides is 1. The number of hydrogen-bond acceptors (Lipinski definition) is 3. The van der Waals surface area contributed by atoms with Crippen LogP contribution in [0.1, 0.15) is 36.5 Å². The summed E-state index contributed by atoms with van der Waals surface area (Å²) in [6, 6.07) is 4.63. The Bertz CT molecular complexity index is 554. The van der Waals surface area contributed by atoms with Crippen molar-refractivity contribution in [2.24, 2.45) is 11.1 Å². The first-order valence-electron chi connectivity index (χ1n) is 7.10. The van der Waals surface area contributed by atoms with Gasteiger partial charge in [-0.05, 0) is 50.6 Å². The van der Waals surface area contributed by atoms with Crippen molar-refractivity contribution < 1.29 is 9.59 Å². The standard InChI is InChI=1S/C15H20ClN3O2/c1-2-15(5-7-18-8-6-15)14(21)19-12-9-10(13(17)20)3-4-11(12)16/h3-4,9,18H,2,5-8H2,1H3,(H2,17,20)(H,19,21). The molecule has 1 aliphatic rings. The number of rotatable bonds is 4. The van der Waals surface area contributed by atoms with Crippen LogP contribution in [0.25, 0.3) is 0 Å². The average molecular weight is 310 g/mol. The first kappa shape index (κ1) is 15.8. The van der Waals surface area contributed by atoms with Gasteiger partial charge >= 0.3 is 0 Å². The highest BCUT2D eigenvalue weighted by Gasteiger charge is 2.37. The molecule has 0 aromatic heterocycles. The Kier molecular flexibility index (Phi) is 4.85. The summed E-state index contributed by atoms with van der Waals surface area (Å²) < 4.78 is 0. The number of halogens is 1. The topological polar surface area (TPSA) is 84.2 Å². The molecule has 0 saturated carbocycles. The van der Waals surface area contributed by atoms with Crippen molar-refractivity contribution in [3.05, 3.63) is 28.8 Å². The normalized spacial score (nSPS) is 17.2. The molecule has 2 amide bonds. The molecule has 21 heavy (non-hydrogen) atoms. The van der Waals surface area contributed by atoms with Gasteiger partial charge in [-0.1, -0.05) is 18.5 Å². The molecule has 0 aliphatic carbocycles. The van der Waals surface area contributed by atoms with Gasteiger partial charge in [0.15, 0.2) is 0 Å². The number of carbonyl (C=O) groups is 2. The van der Waals surface area contributed by atoms with Gasteiger partial charge in [-0.15, -0.1) is 0 Å². The first-order chi connectivity index (χ1) is 9.98. The molecular formula is C15H20ClN3O2. The van der Waals surface area contributed by atoms with Gasteiger partial charge < -0.3 is 16.4 Å². The minimum Gasteiger partial charge on any atom is -0.366 e. The molecule has 1 aromatic carbocycles. The van der Waals surface area contributed by atoms with Gasteiger partial charge in [0.1, 0.15) is 0 Å². The summed E-state index contributed by atoms with van der Waals surface area (Å²) in [5.74, 6) is -0.593. The monoisotopic (exact) mass is 309 g/mol. The van der Waals surface area contributed by atoms with E-state index in [1.165, 1.54) is 6.07 Å². The number of amides is 2. The van der Waals surface area contributed by atoms with Crippen molar-refractivity contribution in [2.45, 2.75) is 26.2 Å². The summed E-state index contributed by atoms with van der Waals surface area (Å²) in [6.07, 6.45) is 2.36. The molecule has 4 N–H and O–H groups in total. The molecule has 0 radical (unpaired) electrons. The predicted molar refractivity (Wildman–Crippen MR) is 83.4 cm³/mol. The molecule has 114 valence electrons. The second kappa shape index (κ2) is 6.45. The van der Waals surface area contributed by atoms with Crippen LogP contribution in [0.15, 0.2) is 18.2 Å². The van der Waals surface area contributed by atoms with Crippen LogP contribution in [0.2, 0.25) is 5.02 Å². The maximum absolute atomic E-state index is 12.6. The van der Waals surface area contributed by atoms with Crippen LogP contribution < -0.4 is 16.4 Å². The van der Waals surface area contributed by atoms with Crippen LogP contribution in [0, 0.1) is 5.41 Å². The van der Waals surface area contributed by atoms with E-state index in [9.17, 15) is 9.59 Å². The van der Waals surface area contributed by atoms with Gasteiger partial charge in [0.05, 0.1) is 16.1 Å². The third kappa shape index (κ3) is 3.36. The summed E-state index contributed by atoms with van der Waals surface area (Å²) in [5, 5.41) is 6.52. The number of carbonyl (C=O) groups excluding carboxylic acids is 2. The molecule has 1 fully saturated rings. The second-order valence-corrected chi connectivity index (χ2v) is 5.80. The van der Waals surface area contributed by atoms with Crippen LogP contribution in [0.5, 0.6) is 0 Å². The van der Waals surface area contributed by atoms with Crippen molar-refractivity contribution in [1.29, 1.82) is 0 Å². The summed E-state index contributed by atoms with van der Waals surface area (Å²) in [6.45, 7) is 3.68. The smallest absolute Gasteiger partial charge is 0.248 e. The first-order valence-corrected chi connectivity index (χ1v) is 7.48. The summed E-state index contributed by atoms with van der Waals surface area (Å²) in [4.78, 5) is 23.9. The second-order valence-electron chi connectivity index (χ2n) is 5.40. The average Bonchev–Trinajstić information content (AvgIpc) is 2.49. The number of nitrogens with two attached hydrogens (primary N) is 1. The Labute approximate surface area is 129 Å². The molecule has 0 unspecified atom stereocenters. The van der Waals surface area contributed by atoms with Crippen LogP contribution in [-0.2, 0) is 4.79 Å². The lowest BCUT2D eigenvalue weighted by atomic mass is 9.76. The van der Waals surface area contributed by atoms with Gasteiger partial charge in [-0.25, -0.2) is 0 Å². The SMILES string of the molecule is CCC1(C(=O)Nc2cc(C(N)=O)ccc2Cl)CCNCC1. The van der Waals surface area contributed by atoms with E-state index in [1.54, 1.807) is 12.1 Å². The van der Waals surface area contributed by atoms with E-state index in [0.29, 0.717) is 16.3 Å². The predicted octanol–water partition coefficient (Wildman–Crippen LogP) is 2.16. The fourth-order valence-corrected chi connectivity index (χ4v) is 2.84. The molecule has 5 nitrogen and oxygen atoms in total. The minimum atomic E-state index is -0.547. The van der Waals surface area contributed by atoms with Crippen molar-refractivity contribution >= 4 is 29.1 Å². The molecule has 0 atom stereocenters. The highest BCUT2D eigenvalue weighted by atomic mass is 35.5. The van der Waals surface area contributed by atoms with Crippen molar-refractivity contribution in [3.63, 3.8) is 0 Å². The Morgan fingerprint density at radius 1 is 1.38 bits per heavy atom. The van der Waals surface area contributed by atoms with Crippen LogP contribution in [0.3, 0.4) is 0 Å². The van der Waals surface area contributed by atoms with E-state index in [4.69, 9.17) is 17.3 Å². The zero-order valence-electron chi connectivity index (χ0n) is 12.0. The van der Waals surface area contributed by atoms with Crippen molar-refractivity contribution in [1.82, 2.24) is 5.32 Å². The summed E-state index contributed by atoms with van der Waals surface area (Å²) in [5.41, 5.74) is 5.64. The molecule has 1 heterocycles. The third-order valence-corrected chi connectivity index (χ3v) is 4.55. The third-order valence-electron chi connectivity index (χ3n) is 4.22. The van der Waals surface area contributed by atoms with E-state index in [0.717, 1.165) is 32.4 Å². The summed E-state index contributed by atoms with van der Waals surface area (Å²) in [7, 11) is 0. The Balaban J connectivity index is 2.22. The van der Waals surface area contributed by atoms with Crippen molar-refractivity contribution in [2.75, 3.05) is 18.4 Å². The number of piperidine rings is 1. The van der Waals surface area contributed by atoms with Gasteiger partial charge in [0.25, 0.3) is 0 Å². The van der Waals surface area contributed by atoms with Gasteiger partial charge in [0, 0.05) is 5.56 Å². The summed E-state index contributed by atoms with van der Waals surface area (Å²) >= 11 is 6.09. The fraction of sp³-hybridized carbons (Fsp3) is 0.467. The van der Waals surface area contributed by atoms with Gasteiger partial charge in [0.2, 0.25) is 11.8 Å². The number of hydrogen-bond donors (Lipinski definition) is 3. The highest BCUT2D eigenvalue weighted by molar-refractivity contribution is 6.34. The van der Waals surface area contributed by atoms with Gasteiger partial charge in [-0.3, -0.25) is 9.59 Å². The molecule has 0 bridgehead atoms. The molecule has 2 rings (SSSR count). The molecule has 1 aliphatic heterocycles. The Morgan fingerprint density at radius 2 is 2.05 bits per heavy atom. The Hall–Kier alpha value is -1.59. The van der Waals surface area contributed by atoms with E-state index < -0.39 is 5.91 Å². The maximum Gasteiger partial charge on any atom is 0.248 e. The van der Waals surface area contributed by atoms with Crippen molar-refractivity contribution in [3.8, 4) is 0 Å². The minimum absolute atomic E-state index is 0.0463. The van der Waals surface area contributed by atoms with Gasteiger partial charge in [-0.2, -0.15) is 0 Å². The number of anilines is 1. The lowest BCUT2D eigenvalue weighted by Crippen LogP contribution is -2.44. The number of nitrogens with one attached hydrogen (secondary N) is 2. The lowest BCUT2D eigenvalue weighted by Gasteiger charge is -2.35. The lowest BCUT2D eigenvalue weighted by molar-refractivity contribution is -0.127. The zero-order valence-corrected chi connectivity index (χ0v) is 12.8. The quantitative estimate of drug-likeness (QED) is 0.797. The fourth-order valence-electron chi connectivity index (χ4n) is 2.68. The molecule has 1 aromatic rings. The largest absolute Gasteiger partial charge is 0.366 e. The molecule has 0 spiro atoms. The Morgan fingerprint density at radius 3 is 2.62 bits per heavy atom. The number of benzene rings is 1. The van der Waals surface area contributed by atoms with E-state index in [1.807, 2.05) is 6.92 Å². The van der Waals surface area contributed by atoms with E-state index in [2.05, 4.69) is 10.6 Å². The van der Waals surface area contributed by atoms with E-state index >= 15 is 0 Å². The molecular weight excluding hydrogens is 290 g/mol. The van der Waals surface area contributed by atoms with Crippen LogP contribution in [0.4, 0.5) is 5.69 Å². The molecule has 6 heteroatoms. The highest BCUT2D eigenvalue weighted by Crippen LogP contribution is 2.35. The van der Waals surface area contributed by atoms with Crippen LogP contribution in [-0.4, -0.2) is 24.9 Å². The van der Waals surface area contributed by atoms with E-state index in [-0.39, 0.29) is 11.3 Å². The maximum atomic E-state index is 12.6. The zero-order chi connectivity index (χ0) is 15.5. The molecule has 1 saturated heterocycles.